The molecule has 3 heteroatoms. The van der Waals surface area contributed by atoms with Crippen molar-refractivity contribution in [3.05, 3.63) is 24.3 Å². The van der Waals surface area contributed by atoms with Crippen LogP contribution in [0, 0.1) is 11.8 Å². The average molecular weight is 352 g/mol. The van der Waals surface area contributed by atoms with Crippen LogP contribution in [0.2, 0.25) is 0 Å². The number of halogens is 2. The SMILES string of the molecule is C1=CC2CCCC2C=C1.C1CCCC1.[Cl][Zr][Cl]. The van der Waals surface area contributed by atoms with Gasteiger partial charge in [0, 0.05) is 0 Å². The molecule has 2 unspecified atom stereocenters. The van der Waals surface area contributed by atoms with E-state index in [0.29, 0.717) is 0 Å². The fraction of sp³-hybridized carbons (Fsp3) is 0.714. The first-order valence-electron chi connectivity index (χ1n) is 6.69. The van der Waals surface area contributed by atoms with E-state index in [2.05, 4.69) is 24.3 Å². The van der Waals surface area contributed by atoms with Crippen LogP contribution in [0.3, 0.4) is 0 Å². The molecule has 2 fully saturated rings. The summed E-state index contributed by atoms with van der Waals surface area (Å²) in [6.07, 6.45) is 20.9. The van der Waals surface area contributed by atoms with Gasteiger partial charge in [0.25, 0.3) is 0 Å². The Kier molecular flexibility index (Phi) is 10.2. The first kappa shape index (κ1) is 16.0. The molecule has 0 nitrogen and oxygen atoms in total. The molecular weight excluding hydrogens is 330 g/mol. The maximum absolute atomic E-state index is 4.93. The first-order chi connectivity index (χ1) is 8.38. The van der Waals surface area contributed by atoms with E-state index in [0.717, 1.165) is 11.8 Å². The van der Waals surface area contributed by atoms with E-state index in [1.807, 2.05) is 0 Å². The fourth-order valence-corrected chi connectivity index (χ4v) is 2.79. The Labute approximate surface area is 125 Å². The van der Waals surface area contributed by atoms with Crippen LogP contribution >= 0.6 is 17.0 Å². The van der Waals surface area contributed by atoms with E-state index >= 15 is 0 Å². The van der Waals surface area contributed by atoms with Crippen molar-refractivity contribution in [3.8, 4) is 0 Å². The van der Waals surface area contributed by atoms with Gasteiger partial charge in [-0.3, -0.25) is 0 Å². The van der Waals surface area contributed by atoms with Gasteiger partial charge in [0.15, 0.2) is 0 Å². The van der Waals surface area contributed by atoms with Crippen LogP contribution in [-0.2, 0) is 20.8 Å². The van der Waals surface area contributed by atoms with Crippen molar-refractivity contribution < 1.29 is 20.8 Å². The van der Waals surface area contributed by atoms with E-state index < -0.39 is 20.8 Å². The zero-order valence-corrected chi connectivity index (χ0v) is 14.3. The Bertz CT molecular complexity index is 209. The molecule has 3 aliphatic carbocycles. The van der Waals surface area contributed by atoms with Gasteiger partial charge in [0.1, 0.15) is 0 Å². The molecule has 2 atom stereocenters. The summed E-state index contributed by atoms with van der Waals surface area (Å²) in [6.45, 7) is 0. The molecule has 0 aromatic heterocycles. The Morgan fingerprint density at radius 2 is 1.06 bits per heavy atom. The maximum atomic E-state index is 4.93. The average Bonchev–Trinajstić information content (AvgIpc) is 3.05. The third-order valence-corrected chi connectivity index (χ3v) is 3.70. The fourth-order valence-electron chi connectivity index (χ4n) is 2.79. The van der Waals surface area contributed by atoms with Gasteiger partial charge < -0.3 is 0 Å². The van der Waals surface area contributed by atoms with Crippen LogP contribution in [0.1, 0.15) is 51.4 Å². The topological polar surface area (TPSA) is 0 Å². The molecule has 0 aromatic rings. The normalized spacial score (nSPS) is 28.6. The number of allylic oxidation sites excluding steroid dienone is 4. The molecule has 0 N–H and O–H groups in total. The molecule has 17 heavy (non-hydrogen) atoms. The Hall–Kier alpha value is 0.943. The van der Waals surface area contributed by atoms with Crippen molar-refractivity contribution in [2.75, 3.05) is 0 Å². The molecular formula is C14H22Cl2Zr. The zero-order valence-electron chi connectivity index (χ0n) is 10.4. The molecule has 0 aromatic carbocycles. The second-order valence-corrected chi connectivity index (χ2v) is 8.60. The predicted molar refractivity (Wildman–Crippen MR) is 73.9 cm³/mol. The van der Waals surface area contributed by atoms with Crippen LogP contribution in [0.15, 0.2) is 24.3 Å². The Morgan fingerprint density at radius 3 is 1.41 bits per heavy atom. The van der Waals surface area contributed by atoms with Gasteiger partial charge in [-0.05, 0) is 24.7 Å². The van der Waals surface area contributed by atoms with E-state index in [1.54, 1.807) is 0 Å². The van der Waals surface area contributed by atoms with Crippen molar-refractivity contribution in [2.45, 2.75) is 51.4 Å². The van der Waals surface area contributed by atoms with Crippen molar-refractivity contribution >= 4 is 17.0 Å². The number of fused-ring (bicyclic) bond motifs is 1. The van der Waals surface area contributed by atoms with Gasteiger partial charge in [-0.25, -0.2) is 0 Å². The molecule has 3 rings (SSSR count). The number of hydrogen-bond acceptors (Lipinski definition) is 0. The van der Waals surface area contributed by atoms with Gasteiger partial charge in [0.05, 0.1) is 0 Å². The molecule has 0 radical (unpaired) electrons. The van der Waals surface area contributed by atoms with E-state index in [9.17, 15) is 0 Å². The standard InChI is InChI=1S/C9H12.C5H10.2ClH.Zr/c1-2-5-9-7-3-6-8(9)4-1;1-2-4-5-3-1;;;/h1-2,4-5,8-9H,3,6-7H2;1-5H2;2*1H;/q;;;;+2/p-2. The summed E-state index contributed by atoms with van der Waals surface area (Å²) in [6, 6.07) is 0. The third-order valence-electron chi connectivity index (χ3n) is 3.70. The molecule has 0 bridgehead atoms. The second-order valence-electron chi connectivity index (χ2n) is 4.87. The van der Waals surface area contributed by atoms with Crippen molar-refractivity contribution in [3.63, 3.8) is 0 Å². The van der Waals surface area contributed by atoms with E-state index in [-0.39, 0.29) is 0 Å². The molecule has 0 aliphatic heterocycles. The van der Waals surface area contributed by atoms with Crippen molar-refractivity contribution in [1.29, 1.82) is 0 Å². The third kappa shape index (κ3) is 7.19. The van der Waals surface area contributed by atoms with E-state index in [4.69, 9.17) is 17.0 Å². The van der Waals surface area contributed by atoms with Crippen LogP contribution in [0.5, 0.6) is 0 Å². The predicted octanol–water partition coefficient (Wildman–Crippen LogP) is 5.86. The van der Waals surface area contributed by atoms with Crippen LogP contribution < -0.4 is 0 Å². The molecule has 2 saturated carbocycles. The van der Waals surface area contributed by atoms with Gasteiger partial charge in [-0.1, -0.05) is 62.8 Å². The van der Waals surface area contributed by atoms with Crippen LogP contribution in [0.4, 0.5) is 0 Å². The monoisotopic (exact) mass is 350 g/mol. The summed E-state index contributed by atoms with van der Waals surface area (Å²) < 4.78 is 0. The van der Waals surface area contributed by atoms with Crippen LogP contribution in [-0.4, -0.2) is 0 Å². The van der Waals surface area contributed by atoms with Gasteiger partial charge in [0.2, 0.25) is 0 Å². The summed E-state index contributed by atoms with van der Waals surface area (Å²) >= 11 is -0.826. The van der Waals surface area contributed by atoms with Gasteiger partial charge >= 0.3 is 37.9 Å². The van der Waals surface area contributed by atoms with Gasteiger partial charge in [-0.2, -0.15) is 0 Å². The quantitative estimate of drug-likeness (QED) is 0.512. The summed E-state index contributed by atoms with van der Waals surface area (Å²) in [5.41, 5.74) is 0. The Morgan fingerprint density at radius 1 is 0.706 bits per heavy atom. The van der Waals surface area contributed by atoms with Crippen molar-refractivity contribution in [1.82, 2.24) is 0 Å². The number of rotatable bonds is 0. The molecule has 0 spiro atoms. The van der Waals surface area contributed by atoms with Crippen LogP contribution in [0.25, 0.3) is 0 Å². The molecule has 0 saturated heterocycles. The van der Waals surface area contributed by atoms with Crippen molar-refractivity contribution in [2.24, 2.45) is 11.8 Å². The summed E-state index contributed by atoms with van der Waals surface area (Å²) in [7, 11) is 9.87. The molecule has 96 valence electrons. The summed E-state index contributed by atoms with van der Waals surface area (Å²) in [4.78, 5) is 0. The Balaban J connectivity index is 0.000000154. The minimum atomic E-state index is -0.826. The zero-order chi connectivity index (χ0) is 12.3. The number of hydrogen-bond donors (Lipinski definition) is 0. The van der Waals surface area contributed by atoms with E-state index in [1.165, 1.54) is 51.4 Å². The minimum absolute atomic E-state index is 0.826. The summed E-state index contributed by atoms with van der Waals surface area (Å²) in [5.74, 6) is 1.80. The molecule has 3 aliphatic rings. The summed E-state index contributed by atoms with van der Waals surface area (Å²) in [5, 5.41) is 0. The molecule has 0 heterocycles. The second kappa shape index (κ2) is 10.8. The first-order valence-corrected chi connectivity index (χ1v) is 13.0. The van der Waals surface area contributed by atoms with Gasteiger partial charge in [-0.15, -0.1) is 0 Å². The molecule has 0 amide bonds.